The SMILES string of the molecule is C=C(C)[C@@H]1C[C@@H](c2ccc(Cl)cc2)[C@@H](C2CCCC2)O[C@H]1c1cc(C(C)(C)C)cc(Cl)c1OCC(=O)O. The van der Waals surface area contributed by atoms with E-state index in [0.29, 0.717) is 16.7 Å². The van der Waals surface area contributed by atoms with Gasteiger partial charge in [0, 0.05) is 22.4 Å². The molecule has 4 nitrogen and oxygen atoms in total. The molecule has 2 aromatic rings. The van der Waals surface area contributed by atoms with Crippen LogP contribution in [0.1, 0.15) is 88.5 Å². The highest BCUT2D eigenvalue weighted by atomic mass is 35.5. The Bertz CT molecular complexity index is 1130. The molecule has 0 bridgehead atoms. The summed E-state index contributed by atoms with van der Waals surface area (Å²) >= 11 is 13.0. The molecule has 2 aliphatic rings. The standard InChI is InChI=1S/C31H38Cl2O4/c1-18(2)23-16-24(19-10-12-22(32)13-11-19)28(20-8-6-7-9-20)37-29(23)25-14-21(31(3,4)5)15-26(33)30(25)36-17-27(34)35/h10-15,20,23-24,28-29H,1,6-9,16-17H2,2-5H3,(H,34,35)/t23-,24-,28+,29+/m0/s1. The molecule has 4 atom stereocenters. The first-order chi connectivity index (χ1) is 17.5. The van der Waals surface area contributed by atoms with Crippen LogP contribution in [0.15, 0.2) is 48.6 Å². The average Bonchev–Trinajstić information content (AvgIpc) is 3.36. The van der Waals surface area contributed by atoms with E-state index in [1.807, 2.05) is 25.1 Å². The molecule has 2 aromatic carbocycles. The monoisotopic (exact) mass is 544 g/mol. The normalized spacial score (nSPS) is 24.7. The summed E-state index contributed by atoms with van der Waals surface area (Å²) in [6.07, 6.45) is 5.27. The van der Waals surface area contributed by atoms with Crippen molar-refractivity contribution in [3.05, 3.63) is 75.3 Å². The van der Waals surface area contributed by atoms with Crippen LogP contribution in [-0.4, -0.2) is 23.8 Å². The van der Waals surface area contributed by atoms with E-state index in [-0.39, 0.29) is 29.5 Å². The Morgan fingerprint density at radius 3 is 2.35 bits per heavy atom. The molecule has 6 heteroatoms. The lowest BCUT2D eigenvalue weighted by Crippen LogP contribution is -2.40. The molecule has 2 fully saturated rings. The van der Waals surface area contributed by atoms with Gasteiger partial charge in [-0.25, -0.2) is 4.79 Å². The highest BCUT2D eigenvalue weighted by Gasteiger charge is 2.45. The largest absolute Gasteiger partial charge is 0.480 e. The Morgan fingerprint density at radius 1 is 1.14 bits per heavy atom. The number of carboxylic acids is 1. The van der Waals surface area contributed by atoms with Gasteiger partial charge >= 0.3 is 5.97 Å². The van der Waals surface area contributed by atoms with Crippen LogP contribution in [0.5, 0.6) is 5.75 Å². The van der Waals surface area contributed by atoms with Gasteiger partial charge in [-0.15, -0.1) is 0 Å². The van der Waals surface area contributed by atoms with E-state index < -0.39 is 12.6 Å². The predicted molar refractivity (Wildman–Crippen MR) is 150 cm³/mol. The summed E-state index contributed by atoms with van der Waals surface area (Å²) in [5.74, 6) is 0.0247. The van der Waals surface area contributed by atoms with Gasteiger partial charge in [-0.2, -0.15) is 0 Å². The lowest BCUT2D eigenvalue weighted by Gasteiger charge is -2.45. The fourth-order valence-corrected chi connectivity index (χ4v) is 6.35. The van der Waals surface area contributed by atoms with E-state index in [1.54, 1.807) is 0 Å². The number of hydrogen-bond donors (Lipinski definition) is 1. The molecule has 0 spiro atoms. The lowest BCUT2D eigenvalue weighted by atomic mass is 9.72. The zero-order chi connectivity index (χ0) is 26.9. The minimum atomic E-state index is -1.05. The van der Waals surface area contributed by atoms with E-state index >= 15 is 0 Å². The maximum absolute atomic E-state index is 11.4. The number of carboxylic acid groups (broad SMARTS) is 1. The van der Waals surface area contributed by atoms with Crippen molar-refractivity contribution in [2.45, 2.75) is 83.3 Å². The van der Waals surface area contributed by atoms with Gasteiger partial charge in [0.15, 0.2) is 6.61 Å². The third-order valence-electron chi connectivity index (χ3n) is 7.95. The molecule has 1 aliphatic heterocycles. The first-order valence-electron chi connectivity index (χ1n) is 13.2. The van der Waals surface area contributed by atoms with Gasteiger partial charge < -0.3 is 14.6 Å². The smallest absolute Gasteiger partial charge is 0.341 e. The van der Waals surface area contributed by atoms with Crippen LogP contribution in [-0.2, 0) is 14.9 Å². The Hall–Kier alpha value is -2.01. The molecule has 0 unspecified atom stereocenters. The van der Waals surface area contributed by atoms with Crippen molar-refractivity contribution in [1.29, 1.82) is 0 Å². The quantitative estimate of drug-likeness (QED) is 0.354. The first-order valence-corrected chi connectivity index (χ1v) is 14.0. The summed E-state index contributed by atoms with van der Waals surface area (Å²) in [5.41, 5.74) is 3.96. The Labute approximate surface area is 231 Å². The van der Waals surface area contributed by atoms with Crippen molar-refractivity contribution < 1.29 is 19.4 Å². The summed E-state index contributed by atoms with van der Waals surface area (Å²) in [5, 5.41) is 10.5. The molecular weight excluding hydrogens is 507 g/mol. The van der Waals surface area contributed by atoms with Crippen LogP contribution in [0.25, 0.3) is 0 Å². The van der Waals surface area contributed by atoms with Crippen molar-refractivity contribution in [2.75, 3.05) is 6.61 Å². The van der Waals surface area contributed by atoms with Gasteiger partial charge in [0.1, 0.15) is 5.75 Å². The second-order valence-electron chi connectivity index (χ2n) is 11.7. The fourth-order valence-electron chi connectivity index (χ4n) is 5.95. The van der Waals surface area contributed by atoms with E-state index in [1.165, 1.54) is 18.4 Å². The zero-order valence-corrected chi connectivity index (χ0v) is 23.7. The average molecular weight is 546 g/mol. The van der Waals surface area contributed by atoms with Crippen LogP contribution in [0.3, 0.4) is 0 Å². The van der Waals surface area contributed by atoms with Crippen molar-refractivity contribution >= 4 is 29.2 Å². The second kappa shape index (κ2) is 11.4. The summed E-state index contributed by atoms with van der Waals surface area (Å²) in [6.45, 7) is 12.3. The van der Waals surface area contributed by atoms with Gasteiger partial charge in [-0.3, -0.25) is 0 Å². The Kier molecular flexibility index (Phi) is 8.62. The number of carbonyl (C=O) groups is 1. The molecule has 1 N–H and O–H groups in total. The number of rotatable bonds is 7. The summed E-state index contributed by atoms with van der Waals surface area (Å²) in [6, 6.07) is 12.1. The molecular formula is C31H38Cl2O4. The maximum atomic E-state index is 11.4. The molecule has 1 saturated heterocycles. The Balaban J connectivity index is 1.82. The lowest BCUT2D eigenvalue weighted by molar-refractivity contribution is -0.139. The van der Waals surface area contributed by atoms with E-state index in [2.05, 4.69) is 45.5 Å². The van der Waals surface area contributed by atoms with E-state index in [9.17, 15) is 9.90 Å². The van der Waals surface area contributed by atoms with Crippen LogP contribution in [0.4, 0.5) is 0 Å². The van der Waals surface area contributed by atoms with Crippen molar-refractivity contribution in [2.24, 2.45) is 11.8 Å². The second-order valence-corrected chi connectivity index (χ2v) is 12.6. The van der Waals surface area contributed by atoms with Gasteiger partial charge in [0.05, 0.1) is 17.2 Å². The van der Waals surface area contributed by atoms with Gasteiger partial charge in [-0.1, -0.05) is 81.1 Å². The predicted octanol–water partition coefficient (Wildman–Crippen LogP) is 8.75. The topological polar surface area (TPSA) is 55.8 Å². The molecule has 0 amide bonds. The minimum absolute atomic E-state index is 0.0109. The molecule has 200 valence electrons. The summed E-state index contributed by atoms with van der Waals surface area (Å²) in [7, 11) is 0. The molecule has 0 aromatic heterocycles. The zero-order valence-electron chi connectivity index (χ0n) is 22.2. The molecule has 37 heavy (non-hydrogen) atoms. The number of ether oxygens (including phenoxy) is 2. The van der Waals surface area contributed by atoms with Gasteiger partial charge in [0.2, 0.25) is 0 Å². The van der Waals surface area contributed by atoms with Gasteiger partial charge in [-0.05, 0) is 72.9 Å². The minimum Gasteiger partial charge on any atom is -0.480 e. The highest BCUT2D eigenvalue weighted by Crippen LogP contribution is 2.53. The first kappa shape index (κ1) is 28.0. The van der Waals surface area contributed by atoms with Crippen LogP contribution in [0, 0.1) is 11.8 Å². The number of halogens is 2. The van der Waals surface area contributed by atoms with Gasteiger partial charge in [0.25, 0.3) is 0 Å². The fraction of sp³-hybridized carbons (Fsp3) is 0.516. The van der Waals surface area contributed by atoms with E-state index in [4.69, 9.17) is 32.7 Å². The van der Waals surface area contributed by atoms with E-state index in [0.717, 1.165) is 41.0 Å². The Morgan fingerprint density at radius 2 is 1.78 bits per heavy atom. The molecule has 1 saturated carbocycles. The summed E-state index contributed by atoms with van der Waals surface area (Å²) < 4.78 is 12.9. The van der Waals surface area contributed by atoms with Crippen molar-refractivity contribution in [3.63, 3.8) is 0 Å². The maximum Gasteiger partial charge on any atom is 0.341 e. The number of hydrogen-bond acceptors (Lipinski definition) is 3. The van der Waals surface area contributed by atoms with Crippen LogP contribution >= 0.6 is 23.2 Å². The van der Waals surface area contributed by atoms with Crippen molar-refractivity contribution in [3.8, 4) is 5.75 Å². The van der Waals surface area contributed by atoms with Crippen LogP contribution < -0.4 is 4.74 Å². The number of benzene rings is 2. The third-order valence-corrected chi connectivity index (χ3v) is 8.49. The summed E-state index contributed by atoms with van der Waals surface area (Å²) in [4.78, 5) is 11.4. The van der Waals surface area contributed by atoms with Crippen LogP contribution in [0.2, 0.25) is 10.0 Å². The molecule has 0 radical (unpaired) electrons. The molecule has 4 rings (SSSR count). The molecule has 1 heterocycles. The number of aliphatic carboxylic acids is 1. The highest BCUT2D eigenvalue weighted by molar-refractivity contribution is 6.32. The molecule has 1 aliphatic carbocycles. The van der Waals surface area contributed by atoms with Crippen molar-refractivity contribution in [1.82, 2.24) is 0 Å². The third kappa shape index (κ3) is 6.35.